The van der Waals surface area contributed by atoms with Crippen molar-refractivity contribution in [3.63, 3.8) is 0 Å². The number of hydrogen-bond donors (Lipinski definition) is 2. The highest BCUT2D eigenvalue weighted by Crippen LogP contribution is 2.27. The molecule has 17 heavy (non-hydrogen) atoms. The highest BCUT2D eigenvalue weighted by molar-refractivity contribution is 7.91. The summed E-state index contributed by atoms with van der Waals surface area (Å²) >= 11 is 0. The van der Waals surface area contributed by atoms with Gasteiger partial charge in [-0.1, -0.05) is 0 Å². The van der Waals surface area contributed by atoms with Crippen molar-refractivity contribution in [2.24, 2.45) is 0 Å². The van der Waals surface area contributed by atoms with Crippen LogP contribution in [0.2, 0.25) is 0 Å². The van der Waals surface area contributed by atoms with Gasteiger partial charge in [0.05, 0.1) is 10.6 Å². The molecule has 1 heterocycles. The number of aryl methyl sites for hydroxylation is 1. The van der Waals surface area contributed by atoms with E-state index in [0.717, 1.165) is 17.7 Å². The Morgan fingerprint density at radius 3 is 2.94 bits per heavy atom. The molecule has 1 aliphatic heterocycles. The zero-order valence-electron chi connectivity index (χ0n) is 9.65. The quantitative estimate of drug-likeness (QED) is 0.793. The van der Waals surface area contributed by atoms with E-state index in [1.165, 1.54) is 0 Å². The minimum absolute atomic E-state index is 0.159. The molecule has 1 aromatic carbocycles. The molecule has 0 bridgehead atoms. The summed E-state index contributed by atoms with van der Waals surface area (Å²) < 4.78 is 23.6. The number of aliphatic hydroxyl groups excluding tert-OH is 1. The lowest BCUT2D eigenvalue weighted by Gasteiger charge is -2.17. The molecule has 0 radical (unpaired) electrons. The lowest BCUT2D eigenvalue weighted by atomic mass is 10.1. The molecule has 0 aromatic heterocycles. The Hall–Kier alpha value is -1.07. The van der Waals surface area contributed by atoms with Crippen LogP contribution in [0.3, 0.4) is 0 Å². The first-order chi connectivity index (χ1) is 8.13. The van der Waals surface area contributed by atoms with Gasteiger partial charge in [0.2, 0.25) is 0 Å². The predicted molar refractivity (Wildman–Crippen MR) is 67.0 cm³/mol. The molecule has 0 amide bonds. The first kappa shape index (κ1) is 12.4. The van der Waals surface area contributed by atoms with Crippen LogP contribution in [-0.2, 0) is 16.3 Å². The second-order valence-electron chi connectivity index (χ2n) is 4.25. The summed E-state index contributed by atoms with van der Waals surface area (Å²) in [7, 11) is -3.05. The van der Waals surface area contributed by atoms with Crippen LogP contribution >= 0.6 is 0 Å². The van der Waals surface area contributed by atoms with Crippen molar-refractivity contribution in [2.45, 2.75) is 24.2 Å². The van der Waals surface area contributed by atoms with Crippen LogP contribution < -0.4 is 5.32 Å². The molecule has 0 atom stereocenters. The fourth-order valence-corrected chi connectivity index (χ4v) is 3.64. The van der Waals surface area contributed by atoms with Crippen LogP contribution in [0.15, 0.2) is 23.1 Å². The van der Waals surface area contributed by atoms with Crippen LogP contribution in [0.25, 0.3) is 0 Å². The van der Waals surface area contributed by atoms with E-state index in [2.05, 4.69) is 5.32 Å². The summed E-state index contributed by atoms with van der Waals surface area (Å²) in [4.78, 5) is 0.483. The van der Waals surface area contributed by atoms with Crippen LogP contribution in [0.4, 0.5) is 5.69 Å². The van der Waals surface area contributed by atoms with Gasteiger partial charge in [-0.3, -0.25) is 0 Å². The molecule has 0 saturated heterocycles. The zero-order chi connectivity index (χ0) is 12.3. The second kappa shape index (κ2) is 5.06. The number of nitrogens with one attached hydrogen (secondary N) is 1. The average molecular weight is 255 g/mol. The van der Waals surface area contributed by atoms with Crippen molar-refractivity contribution in [3.05, 3.63) is 23.8 Å². The van der Waals surface area contributed by atoms with Crippen molar-refractivity contribution < 1.29 is 13.5 Å². The molecule has 1 aliphatic rings. The van der Waals surface area contributed by atoms with E-state index in [0.29, 0.717) is 24.3 Å². The number of sulfone groups is 1. The molecule has 0 spiro atoms. The first-order valence-corrected chi connectivity index (χ1v) is 7.49. The highest BCUT2D eigenvalue weighted by atomic mass is 32.2. The number of fused-ring (bicyclic) bond motifs is 1. The van der Waals surface area contributed by atoms with E-state index in [9.17, 15) is 8.42 Å². The summed E-state index contributed by atoms with van der Waals surface area (Å²) in [6, 6.07) is 5.38. The number of aliphatic hydroxyl groups is 1. The van der Waals surface area contributed by atoms with Gasteiger partial charge < -0.3 is 10.4 Å². The van der Waals surface area contributed by atoms with Crippen LogP contribution in [0, 0.1) is 0 Å². The molecular weight excluding hydrogens is 238 g/mol. The molecule has 0 fully saturated rings. The molecule has 0 aliphatic carbocycles. The molecule has 0 saturated carbocycles. The Kier molecular flexibility index (Phi) is 3.69. The third-order valence-corrected chi connectivity index (χ3v) is 4.81. The smallest absolute Gasteiger partial charge is 0.178 e. The minimum Gasteiger partial charge on any atom is -0.396 e. The normalized spacial score (nSPS) is 17.5. The van der Waals surface area contributed by atoms with Crippen molar-refractivity contribution >= 4 is 15.5 Å². The van der Waals surface area contributed by atoms with Crippen LogP contribution in [0.1, 0.15) is 18.4 Å². The fourth-order valence-electron chi connectivity index (χ4n) is 2.06. The molecule has 0 unspecified atom stereocenters. The number of benzene rings is 1. The van der Waals surface area contributed by atoms with Gasteiger partial charge >= 0.3 is 0 Å². The summed E-state index contributed by atoms with van der Waals surface area (Å²) in [6.45, 7) is 0.856. The minimum atomic E-state index is -3.05. The Balaban J connectivity index is 2.20. The number of anilines is 1. The third-order valence-electron chi connectivity index (χ3n) is 2.92. The first-order valence-electron chi connectivity index (χ1n) is 5.84. The van der Waals surface area contributed by atoms with E-state index in [-0.39, 0.29) is 12.4 Å². The fraction of sp³-hybridized carbons (Fsp3) is 0.500. The lowest BCUT2D eigenvalue weighted by molar-refractivity contribution is 0.292. The number of rotatable bonds is 4. The molecule has 94 valence electrons. The molecule has 2 rings (SSSR count). The van der Waals surface area contributed by atoms with E-state index < -0.39 is 9.84 Å². The van der Waals surface area contributed by atoms with Crippen molar-refractivity contribution in [1.29, 1.82) is 0 Å². The summed E-state index contributed by atoms with van der Waals surface area (Å²) in [5, 5.41) is 11.9. The monoisotopic (exact) mass is 255 g/mol. The zero-order valence-corrected chi connectivity index (χ0v) is 10.5. The van der Waals surface area contributed by atoms with Gasteiger partial charge in [0, 0.05) is 18.8 Å². The molecule has 2 N–H and O–H groups in total. The number of hydrogen-bond acceptors (Lipinski definition) is 4. The molecule has 4 nitrogen and oxygen atoms in total. The summed E-state index contributed by atoms with van der Waals surface area (Å²) in [5.74, 6) is 0.261. The topological polar surface area (TPSA) is 66.4 Å². The van der Waals surface area contributed by atoms with Crippen molar-refractivity contribution in [2.75, 3.05) is 24.2 Å². The molecule has 1 aromatic rings. The highest BCUT2D eigenvalue weighted by Gasteiger charge is 2.23. The second-order valence-corrected chi connectivity index (χ2v) is 6.33. The maximum Gasteiger partial charge on any atom is 0.178 e. The van der Waals surface area contributed by atoms with Gasteiger partial charge in [-0.15, -0.1) is 0 Å². The molecule has 5 heteroatoms. The SMILES string of the molecule is O=S1(=O)CCCc2cc(NCCCO)ccc21. The van der Waals surface area contributed by atoms with Gasteiger partial charge in [-0.2, -0.15) is 0 Å². The van der Waals surface area contributed by atoms with Crippen LogP contribution in [0.5, 0.6) is 0 Å². The van der Waals surface area contributed by atoms with Crippen molar-refractivity contribution in [1.82, 2.24) is 0 Å². The van der Waals surface area contributed by atoms with Crippen LogP contribution in [-0.4, -0.2) is 32.4 Å². The Bertz CT molecular complexity index is 496. The van der Waals surface area contributed by atoms with E-state index in [4.69, 9.17) is 5.11 Å². The van der Waals surface area contributed by atoms with E-state index >= 15 is 0 Å². The van der Waals surface area contributed by atoms with Crippen molar-refractivity contribution in [3.8, 4) is 0 Å². The van der Waals surface area contributed by atoms with Gasteiger partial charge in [-0.25, -0.2) is 8.42 Å². The largest absolute Gasteiger partial charge is 0.396 e. The third kappa shape index (κ3) is 2.79. The van der Waals surface area contributed by atoms with Gasteiger partial charge in [-0.05, 0) is 43.0 Å². The van der Waals surface area contributed by atoms with Gasteiger partial charge in [0.25, 0.3) is 0 Å². The maximum absolute atomic E-state index is 11.8. The lowest BCUT2D eigenvalue weighted by Crippen LogP contribution is -2.16. The summed E-state index contributed by atoms with van der Waals surface area (Å²) in [6.07, 6.45) is 2.22. The van der Waals surface area contributed by atoms with E-state index in [1.54, 1.807) is 12.1 Å². The predicted octanol–water partition coefficient (Wildman–Crippen LogP) is 1.20. The Labute approximate surface area is 102 Å². The van der Waals surface area contributed by atoms with E-state index in [1.807, 2.05) is 6.07 Å². The Morgan fingerprint density at radius 1 is 1.35 bits per heavy atom. The standard InChI is InChI=1S/C12H17NO3S/c14-7-2-6-13-11-4-5-12-10(9-11)3-1-8-17(12,15)16/h4-5,9,13-14H,1-3,6-8H2. The summed E-state index contributed by atoms with van der Waals surface area (Å²) in [5.41, 5.74) is 1.83. The average Bonchev–Trinajstić information content (AvgIpc) is 2.29. The molecular formula is C12H17NO3S. The van der Waals surface area contributed by atoms with Gasteiger partial charge in [0.1, 0.15) is 0 Å². The Morgan fingerprint density at radius 2 is 2.18 bits per heavy atom. The van der Waals surface area contributed by atoms with Gasteiger partial charge in [0.15, 0.2) is 9.84 Å². The maximum atomic E-state index is 11.8.